The van der Waals surface area contributed by atoms with Crippen molar-refractivity contribution >= 4 is 15.8 Å². The lowest BCUT2D eigenvalue weighted by molar-refractivity contribution is 0.0767. The summed E-state index contributed by atoms with van der Waals surface area (Å²) in [6, 6.07) is 0. The lowest BCUT2D eigenvalue weighted by Gasteiger charge is -2.38. The van der Waals surface area contributed by atoms with Gasteiger partial charge in [-0.15, -0.1) is 0 Å². The van der Waals surface area contributed by atoms with Gasteiger partial charge in [0.2, 0.25) is 0 Å². The van der Waals surface area contributed by atoms with Crippen molar-refractivity contribution in [2.24, 2.45) is 10.4 Å². The fourth-order valence-electron chi connectivity index (χ4n) is 4.24. The molecule has 7 heteroatoms. The van der Waals surface area contributed by atoms with E-state index in [1.807, 2.05) is 0 Å². The Balaban J connectivity index is 1.75. The molecular weight excluding hydrogens is 326 g/mol. The van der Waals surface area contributed by atoms with E-state index in [0.717, 1.165) is 25.6 Å². The quantitative estimate of drug-likeness (QED) is 0.609. The number of ether oxygens (including phenoxy) is 1. The lowest BCUT2D eigenvalue weighted by atomic mass is 9.68. The molecule has 24 heavy (non-hydrogen) atoms. The minimum Gasteiger partial charge on any atom is -0.381 e. The molecule has 0 amide bonds. The molecule has 2 heterocycles. The molecular formula is C17H31N3O3S. The van der Waals surface area contributed by atoms with Crippen LogP contribution < -0.4 is 5.32 Å². The van der Waals surface area contributed by atoms with Crippen LogP contribution in [0.25, 0.3) is 0 Å². The van der Waals surface area contributed by atoms with E-state index < -0.39 is 14.6 Å². The average molecular weight is 358 g/mol. The number of likely N-dealkylation sites (tertiary alicyclic amines) is 1. The molecule has 0 radical (unpaired) electrons. The van der Waals surface area contributed by atoms with E-state index in [2.05, 4.69) is 17.1 Å². The van der Waals surface area contributed by atoms with Gasteiger partial charge in [0.15, 0.2) is 15.8 Å². The molecule has 1 aliphatic carbocycles. The van der Waals surface area contributed by atoms with E-state index in [0.29, 0.717) is 38.0 Å². The summed E-state index contributed by atoms with van der Waals surface area (Å²) in [6.45, 7) is 6.30. The predicted molar refractivity (Wildman–Crippen MR) is 96.1 cm³/mol. The molecule has 0 bridgehead atoms. The van der Waals surface area contributed by atoms with Crippen LogP contribution in [0.15, 0.2) is 4.99 Å². The molecule has 1 N–H and O–H groups in total. The van der Waals surface area contributed by atoms with E-state index in [1.54, 1.807) is 0 Å². The van der Waals surface area contributed by atoms with E-state index in [4.69, 9.17) is 9.73 Å². The first-order valence-electron chi connectivity index (χ1n) is 9.20. The molecule has 3 fully saturated rings. The molecule has 2 saturated heterocycles. The summed E-state index contributed by atoms with van der Waals surface area (Å²) in [6.07, 6.45) is 7.67. The number of hydrogen-bond donors (Lipinski definition) is 1. The standard InChI is InChI=1S/C17H31N3O3S/c1-3-18-15(20-10-7-16(14-20)5-4-6-16)19-13-17(24(2,21)22)8-11-23-12-9-17/h3-14H2,1-2H3,(H,18,19). The fraction of sp³-hybridized carbons (Fsp3) is 0.941. The molecule has 138 valence electrons. The van der Waals surface area contributed by atoms with Crippen molar-refractivity contribution in [2.75, 3.05) is 45.6 Å². The Morgan fingerprint density at radius 1 is 1.21 bits per heavy atom. The second kappa shape index (κ2) is 6.83. The number of guanidine groups is 1. The van der Waals surface area contributed by atoms with Gasteiger partial charge >= 0.3 is 0 Å². The zero-order chi connectivity index (χ0) is 17.3. The highest BCUT2D eigenvalue weighted by Crippen LogP contribution is 2.47. The highest BCUT2D eigenvalue weighted by Gasteiger charge is 2.45. The SMILES string of the molecule is CCNC(=NCC1(S(C)(=O)=O)CCOCC1)N1CCC2(CCC2)C1. The molecule has 0 aromatic rings. The smallest absolute Gasteiger partial charge is 0.193 e. The van der Waals surface area contributed by atoms with E-state index >= 15 is 0 Å². The Morgan fingerprint density at radius 3 is 2.42 bits per heavy atom. The predicted octanol–water partition coefficient (Wildman–Crippen LogP) is 1.42. The summed E-state index contributed by atoms with van der Waals surface area (Å²) in [4.78, 5) is 7.11. The van der Waals surface area contributed by atoms with Crippen molar-refractivity contribution in [3.05, 3.63) is 0 Å². The van der Waals surface area contributed by atoms with Gasteiger partial charge in [-0.2, -0.15) is 0 Å². The van der Waals surface area contributed by atoms with Gasteiger partial charge in [-0.1, -0.05) is 6.42 Å². The normalized spacial score (nSPS) is 26.4. The van der Waals surface area contributed by atoms with E-state index in [9.17, 15) is 8.42 Å². The van der Waals surface area contributed by atoms with Gasteiger partial charge < -0.3 is 15.0 Å². The maximum Gasteiger partial charge on any atom is 0.193 e. The molecule has 0 unspecified atom stereocenters. The number of aliphatic imine (C=N–C) groups is 1. The third-order valence-electron chi connectivity index (χ3n) is 6.19. The Labute approximate surface area is 146 Å². The lowest BCUT2D eigenvalue weighted by Crippen LogP contribution is -2.48. The first-order chi connectivity index (χ1) is 11.4. The molecule has 3 aliphatic rings. The molecule has 1 saturated carbocycles. The summed E-state index contributed by atoms with van der Waals surface area (Å²) in [5.74, 6) is 0.885. The molecule has 0 aromatic heterocycles. The Kier molecular flexibility index (Phi) is 5.12. The van der Waals surface area contributed by atoms with Gasteiger partial charge in [0.25, 0.3) is 0 Å². The van der Waals surface area contributed by atoms with Crippen molar-refractivity contribution in [1.82, 2.24) is 10.2 Å². The van der Waals surface area contributed by atoms with Gasteiger partial charge in [0.1, 0.15) is 0 Å². The Hall–Kier alpha value is -0.820. The third-order valence-corrected chi connectivity index (χ3v) is 8.31. The summed E-state index contributed by atoms with van der Waals surface area (Å²) in [5, 5.41) is 3.37. The average Bonchev–Trinajstić information content (AvgIpc) is 2.97. The molecule has 2 aliphatic heterocycles. The summed E-state index contributed by atoms with van der Waals surface area (Å²) in [7, 11) is -3.17. The van der Waals surface area contributed by atoms with Gasteiger partial charge in [-0.25, -0.2) is 8.42 Å². The fourth-order valence-corrected chi connectivity index (χ4v) is 5.44. The molecule has 6 nitrogen and oxygen atoms in total. The van der Waals surface area contributed by atoms with E-state index in [1.165, 1.54) is 31.9 Å². The van der Waals surface area contributed by atoms with Crippen LogP contribution in [0.1, 0.15) is 45.4 Å². The van der Waals surface area contributed by atoms with Crippen LogP contribution in [0, 0.1) is 5.41 Å². The summed E-state index contributed by atoms with van der Waals surface area (Å²) < 4.78 is 29.4. The number of sulfone groups is 1. The van der Waals surface area contributed by atoms with Crippen LogP contribution in [0.5, 0.6) is 0 Å². The zero-order valence-corrected chi connectivity index (χ0v) is 15.8. The molecule has 1 spiro atoms. The van der Waals surface area contributed by atoms with Gasteiger partial charge in [0.05, 0.1) is 11.3 Å². The van der Waals surface area contributed by atoms with Crippen LogP contribution in [-0.2, 0) is 14.6 Å². The van der Waals surface area contributed by atoms with Gasteiger partial charge in [-0.05, 0) is 44.4 Å². The third kappa shape index (κ3) is 3.43. The Morgan fingerprint density at radius 2 is 1.92 bits per heavy atom. The first-order valence-corrected chi connectivity index (χ1v) is 11.1. The van der Waals surface area contributed by atoms with Crippen molar-refractivity contribution in [3.8, 4) is 0 Å². The second-order valence-electron chi connectivity index (χ2n) is 7.76. The number of nitrogens with zero attached hydrogens (tertiary/aromatic N) is 2. The first kappa shape index (κ1) is 18.0. The largest absolute Gasteiger partial charge is 0.381 e. The maximum absolute atomic E-state index is 12.4. The van der Waals surface area contributed by atoms with Crippen LogP contribution in [0.4, 0.5) is 0 Å². The van der Waals surface area contributed by atoms with E-state index in [-0.39, 0.29) is 0 Å². The minimum absolute atomic E-state index is 0.334. The van der Waals surface area contributed by atoms with Crippen LogP contribution >= 0.6 is 0 Å². The number of hydrogen-bond acceptors (Lipinski definition) is 4. The van der Waals surface area contributed by atoms with Crippen molar-refractivity contribution < 1.29 is 13.2 Å². The topological polar surface area (TPSA) is 71.0 Å². The summed E-state index contributed by atoms with van der Waals surface area (Å²) in [5.41, 5.74) is 0.503. The van der Waals surface area contributed by atoms with Crippen molar-refractivity contribution in [2.45, 2.75) is 50.2 Å². The van der Waals surface area contributed by atoms with Gasteiger partial charge in [0, 0.05) is 39.1 Å². The number of rotatable bonds is 4. The van der Waals surface area contributed by atoms with Crippen molar-refractivity contribution in [3.63, 3.8) is 0 Å². The minimum atomic E-state index is -3.17. The van der Waals surface area contributed by atoms with Crippen molar-refractivity contribution in [1.29, 1.82) is 0 Å². The zero-order valence-electron chi connectivity index (χ0n) is 15.0. The maximum atomic E-state index is 12.4. The van der Waals surface area contributed by atoms with Gasteiger partial charge in [-0.3, -0.25) is 4.99 Å². The van der Waals surface area contributed by atoms with Crippen LogP contribution in [0.3, 0.4) is 0 Å². The highest BCUT2D eigenvalue weighted by atomic mass is 32.2. The Bertz CT molecular complexity index is 578. The van der Waals surface area contributed by atoms with Crippen LogP contribution in [0.2, 0.25) is 0 Å². The highest BCUT2D eigenvalue weighted by molar-refractivity contribution is 7.92. The number of nitrogens with one attached hydrogen (secondary N) is 1. The second-order valence-corrected chi connectivity index (χ2v) is 10.2. The van der Waals surface area contributed by atoms with Crippen LogP contribution in [-0.4, -0.2) is 69.7 Å². The summed E-state index contributed by atoms with van der Waals surface area (Å²) >= 11 is 0. The molecule has 0 aromatic carbocycles. The monoisotopic (exact) mass is 357 g/mol. The molecule has 0 atom stereocenters. The molecule has 3 rings (SSSR count).